The molecule has 0 radical (unpaired) electrons. The summed E-state index contributed by atoms with van der Waals surface area (Å²) in [7, 11) is 0. The number of rotatable bonds is 6. The van der Waals surface area contributed by atoms with Gasteiger partial charge in [-0.2, -0.15) is 0 Å². The van der Waals surface area contributed by atoms with Gasteiger partial charge in [-0.25, -0.2) is 0 Å². The predicted molar refractivity (Wildman–Crippen MR) is 80.4 cm³/mol. The summed E-state index contributed by atoms with van der Waals surface area (Å²) in [5.74, 6) is 0.615. The van der Waals surface area contributed by atoms with Crippen LogP contribution in [0.25, 0.3) is 0 Å². The third-order valence-electron chi connectivity index (χ3n) is 4.23. The molecule has 1 saturated carbocycles. The Bertz CT molecular complexity index is 352. The van der Waals surface area contributed by atoms with Crippen LogP contribution < -0.4 is 5.32 Å². The molecule has 0 spiro atoms. The third kappa shape index (κ3) is 4.32. The Balaban J connectivity index is 1.93. The molecule has 2 heteroatoms. The maximum absolute atomic E-state index is 9.87. The molecule has 0 amide bonds. The van der Waals surface area contributed by atoms with Gasteiger partial charge < -0.3 is 10.4 Å². The monoisotopic (exact) mass is 261 g/mol. The van der Waals surface area contributed by atoms with Crippen LogP contribution in [0.3, 0.4) is 0 Å². The van der Waals surface area contributed by atoms with Crippen LogP contribution in [0.15, 0.2) is 30.3 Å². The maximum atomic E-state index is 9.87. The van der Waals surface area contributed by atoms with E-state index in [1.54, 1.807) is 0 Å². The van der Waals surface area contributed by atoms with Gasteiger partial charge in [0, 0.05) is 12.6 Å². The van der Waals surface area contributed by atoms with E-state index in [1.807, 2.05) is 0 Å². The number of nitrogens with one attached hydrogen (secondary N) is 1. The number of benzene rings is 1. The van der Waals surface area contributed by atoms with E-state index in [-0.39, 0.29) is 6.10 Å². The summed E-state index contributed by atoms with van der Waals surface area (Å²) in [4.78, 5) is 0. The highest BCUT2D eigenvalue weighted by atomic mass is 16.3. The van der Waals surface area contributed by atoms with E-state index in [1.165, 1.54) is 31.2 Å². The molecule has 1 aliphatic rings. The third-order valence-corrected chi connectivity index (χ3v) is 4.23. The maximum Gasteiger partial charge on any atom is 0.0664 e. The lowest BCUT2D eigenvalue weighted by Gasteiger charge is -2.33. The Morgan fingerprint density at radius 2 is 1.95 bits per heavy atom. The van der Waals surface area contributed by atoms with Crippen LogP contribution in [0.4, 0.5) is 0 Å². The molecule has 2 nitrogen and oxygen atoms in total. The molecule has 2 N–H and O–H groups in total. The highest BCUT2D eigenvalue weighted by Crippen LogP contribution is 2.32. The van der Waals surface area contributed by atoms with Crippen molar-refractivity contribution in [3.63, 3.8) is 0 Å². The van der Waals surface area contributed by atoms with E-state index in [0.717, 1.165) is 19.4 Å². The van der Waals surface area contributed by atoms with Gasteiger partial charge in [0.05, 0.1) is 6.10 Å². The molecular weight excluding hydrogens is 234 g/mol. The molecule has 1 fully saturated rings. The molecule has 1 aliphatic carbocycles. The molecule has 0 aliphatic heterocycles. The fourth-order valence-corrected chi connectivity index (χ4v) is 3.20. The van der Waals surface area contributed by atoms with Crippen molar-refractivity contribution in [1.82, 2.24) is 5.32 Å². The molecule has 1 aromatic carbocycles. The minimum Gasteiger partial charge on any atom is -0.392 e. The standard InChI is InChI=1S/C17H27NO/c1-2-8-15(19)13-18-17-12-7-6-11-16(17)14-9-4-3-5-10-14/h3-5,9-10,15-19H,2,6-8,11-13H2,1H3. The lowest BCUT2D eigenvalue weighted by atomic mass is 9.80. The number of aliphatic hydroxyl groups excluding tert-OH is 1. The van der Waals surface area contributed by atoms with Crippen molar-refractivity contribution in [1.29, 1.82) is 0 Å². The van der Waals surface area contributed by atoms with E-state index >= 15 is 0 Å². The van der Waals surface area contributed by atoms with Gasteiger partial charge in [-0.3, -0.25) is 0 Å². The molecule has 3 unspecified atom stereocenters. The summed E-state index contributed by atoms with van der Waals surface area (Å²) in [6, 6.07) is 11.4. The van der Waals surface area contributed by atoms with Crippen LogP contribution >= 0.6 is 0 Å². The molecule has 0 bridgehead atoms. The summed E-state index contributed by atoms with van der Waals surface area (Å²) in [5, 5.41) is 13.5. The van der Waals surface area contributed by atoms with Gasteiger partial charge in [0.15, 0.2) is 0 Å². The summed E-state index contributed by atoms with van der Waals surface area (Å²) >= 11 is 0. The summed E-state index contributed by atoms with van der Waals surface area (Å²) in [5.41, 5.74) is 1.45. The predicted octanol–water partition coefficient (Wildman–Crippen LogP) is 3.46. The Hall–Kier alpha value is -0.860. The summed E-state index contributed by atoms with van der Waals surface area (Å²) in [6.45, 7) is 2.86. The Labute approximate surface area is 117 Å². The average molecular weight is 261 g/mol. The molecule has 106 valence electrons. The molecule has 0 saturated heterocycles. The average Bonchev–Trinajstić information content (AvgIpc) is 2.47. The van der Waals surface area contributed by atoms with Gasteiger partial charge in [0.2, 0.25) is 0 Å². The van der Waals surface area contributed by atoms with Crippen molar-refractivity contribution >= 4 is 0 Å². The zero-order chi connectivity index (χ0) is 13.5. The normalized spacial score (nSPS) is 25.2. The molecule has 19 heavy (non-hydrogen) atoms. The number of hydrogen-bond acceptors (Lipinski definition) is 2. The topological polar surface area (TPSA) is 32.3 Å². The van der Waals surface area contributed by atoms with Crippen LogP contribution in [0.5, 0.6) is 0 Å². The van der Waals surface area contributed by atoms with Gasteiger partial charge in [-0.05, 0) is 30.7 Å². The highest BCUT2D eigenvalue weighted by Gasteiger charge is 2.26. The second-order valence-electron chi connectivity index (χ2n) is 5.76. The van der Waals surface area contributed by atoms with E-state index in [4.69, 9.17) is 0 Å². The first-order valence-electron chi connectivity index (χ1n) is 7.77. The molecule has 1 aromatic rings. The Morgan fingerprint density at radius 1 is 1.21 bits per heavy atom. The first kappa shape index (κ1) is 14.5. The zero-order valence-electron chi connectivity index (χ0n) is 12.0. The second-order valence-corrected chi connectivity index (χ2v) is 5.76. The van der Waals surface area contributed by atoms with Crippen molar-refractivity contribution in [3.8, 4) is 0 Å². The Morgan fingerprint density at radius 3 is 2.68 bits per heavy atom. The van der Waals surface area contributed by atoms with Crippen LogP contribution in [0.1, 0.15) is 56.9 Å². The van der Waals surface area contributed by atoms with Crippen molar-refractivity contribution in [3.05, 3.63) is 35.9 Å². The highest BCUT2D eigenvalue weighted by molar-refractivity contribution is 5.22. The summed E-state index contributed by atoms with van der Waals surface area (Å²) < 4.78 is 0. The van der Waals surface area contributed by atoms with Gasteiger partial charge in [-0.1, -0.05) is 56.5 Å². The minimum absolute atomic E-state index is 0.191. The van der Waals surface area contributed by atoms with Gasteiger partial charge >= 0.3 is 0 Å². The van der Waals surface area contributed by atoms with E-state index in [2.05, 4.69) is 42.6 Å². The summed E-state index contributed by atoms with van der Waals surface area (Å²) in [6.07, 6.45) is 6.90. The molecular formula is C17H27NO. The zero-order valence-corrected chi connectivity index (χ0v) is 12.0. The number of aliphatic hydroxyl groups is 1. The SMILES string of the molecule is CCCC(O)CNC1CCCCC1c1ccccc1. The van der Waals surface area contributed by atoms with Crippen LogP contribution in [-0.4, -0.2) is 23.8 Å². The van der Waals surface area contributed by atoms with Crippen molar-refractivity contribution in [2.75, 3.05) is 6.54 Å². The lowest BCUT2D eigenvalue weighted by molar-refractivity contribution is 0.150. The fourth-order valence-electron chi connectivity index (χ4n) is 3.20. The van der Waals surface area contributed by atoms with E-state index in [9.17, 15) is 5.11 Å². The first-order chi connectivity index (χ1) is 9.31. The first-order valence-corrected chi connectivity index (χ1v) is 7.77. The molecule has 0 heterocycles. The quantitative estimate of drug-likeness (QED) is 0.822. The van der Waals surface area contributed by atoms with Gasteiger partial charge in [0.25, 0.3) is 0 Å². The van der Waals surface area contributed by atoms with Gasteiger partial charge in [-0.15, -0.1) is 0 Å². The largest absolute Gasteiger partial charge is 0.392 e. The smallest absolute Gasteiger partial charge is 0.0664 e. The van der Waals surface area contributed by atoms with Crippen molar-refractivity contribution < 1.29 is 5.11 Å². The van der Waals surface area contributed by atoms with Crippen molar-refractivity contribution in [2.45, 2.75) is 63.5 Å². The second kappa shape index (κ2) is 7.66. The Kier molecular flexibility index (Phi) is 5.87. The van der Waals surface area contributed by atoms with E-state index < -0.39 is 0 Å². The number of hydrogen-bond donors (Lipinski definition) is 2. The van der Waals surface area contributed by atoms with Crippen molar-refractivity contribution in [2.24, 2.45) is 0 Å². The van der Waals surface area contributed by atoms with Gasteiger partial charge in [0.1, 0.15) is 0 Å². The van der Waals surface area contributed by atoms with E-state index in [0.29, 0.717) is 12.0 Å². The molecule has 3 atom stereocenters. The van der Waals surface area contributed by atoms with Crippen LogP contribution in [0.2, 0.25) is 0 Å². The molecule has 0 aromatic heterocycles. The molecule has 2 rings (SSSR count). The fraction of sp³-hybridized carbons (Fsp3) is 0.647. The van der Waals surface area contributed by atoms with Crippen LogP contribution in [-0.2, 0) is 0 Å². The minimum atomic E-state index is -0.191. The lowest BCUT2D eigenvalue weighted by Crippen LogP contribution is -2.41. The van der Waals surface area contributed by atoms with Crippen LogP contribution in [0, 0.1) is 0 Å².